The molecule has 27 heavy (non-hydrogen) atoms. The van der Waals surface area contributed by atoms with Gasteiger partial charge in [-0.2, -0.15) is 0 Å². The molecule has 146 valence electrons. The fourth-order valence-electron chi connectivity index (χ4n) is 2.91. The first-order valence-electron chi connectivity index (χ1n) is 9.23. The molecule has 0 fully saturated rings. The van der Waals surface area contributed by atoms with Crippen LogP contribution in [0.25, 0.3) is 0 Å². The number of thiocarbonyl (C=S) groups is 1. The van der Waals surface area contributed by atoms with Crippen LogP contribution in [0.3, 0.4) is 0 Å². The summed E-state index contributed by atoms with van der Waals surface area (Å²) in [7, 11) is 0. The smallest absolute Gasteiger partial charge is 0.330 e. The van der Waals surface area contributed by atoms with E-state index in [9.17, 15) is 9.59 Å². The van der Waals surface area contributed by atoms with E-state index in [1.165, 1.54) is 4.57 Å². The molecular formula is C19H27N5O2S. The molecule has 0 aliphatic rings. The number of rotatable bonds is 7. The molecule has 2 rings (SSSR count). The Hall–Kier alpha value is -2.61. The normalized spacial score (nSPS) is 10.6. The minimum Gasteiger partial charge on any atom is -0.383 e. The Labute approximate surface area is 164 Å². The Morgan fingerprint density at radius 2 is 1.96 bits per heavy atom. The third-order valence-electron chi connectivity index (χ3n) is 4.42. The lowest BCUT2D eigenvalue weighted by molar-refractivity contribution is 0.604. The van der Waals surface area contributed by atoms with Crippen molar-refractivity contribution in [3.8, 4) is 0 Å². The SMILES string of the molecule is CCCCn1c(N)c(N(CC)C(=S)Nc2ccccc2CC)c(=O)[nH]c1=O. The van der Waals surface area contributed by atoms with Gasteiger partial charge in [-0.05, 0) is 43.6 Å². The maximum absolute atomic E-state index is 12.5. The first-order chi connectivity index (χ1) is 12.9. The summed E-state index contributed by atoms with van der Waals surface area (Å²) in [6, 6.07) is 7.85. The van der Waals surface area contributed by atoms with Gasteiger partial charge in [-0.1, -0.05) is 38.5 Å². The lowest BCUT2D eigenvalue weighted by Gasteiger charge is -2.26. The van der Waals surface area contributed by atoms with Crippen molar-refractivity contribution >= 4 is 34.5 Å². The predicted octanol–water partition coefficient (Wildman–Crippen LogP) is 2.70. The number of unbranched alkanes of at least 4 members (excludes halogenated alkanes) is 1. The number of nitrogens with zero attached hydrogens (tertiary/aromatic N) is 2. The first-order valence-corrected chi connectivity index (χ1v) is 9.64. The average Bonchev–Trinajstić information content (AvgIpc) is 2.65. The van der Waals surface area contributed by atoms with Gasteiger partial charge in [-0.25, -0.2) is 4.79 Å². The van der Waals surface area contributed by atoms with Gasteiger partial charge in [0.1, 0.15) is 5.82 Å². The molecule has 8 heteroatoms. The lowest BCUT2D eigenvalue weighted by atomic mass is 10.1. The molecule has 0 saturated heterocycles. The van der Waals surface area contributed by atoms with Crippen LogP contribution in [0.5, 0.6) is 0 Å². The molecule has 4 N–H and O–H groups in total. The van der Waals surface area contributed by atoms with Crippen molar-refractivity contribution in [3.05, 3.63) is 50.7 Å². The molecule has 0 radical (unpaired) electrons. The molecule has 0 aliphatic carbocycles. The van der Waals surface area contributed by atoms with Crippen LogP contribution in [0.2, 0.25) is 0 Å². The number of aromatic amines is 1. The third kappa shape index (κ3) is 4.57. The fourth-order valence-corrected chi connectivity index (χ4v) is 3.24. The predicted molar refractivity (Wildman–Crippen MR) is 116 cm³/mol. The monoisotopic (exact) mass is 389 g/mol. The zero-order valence-corrected chi connectivity index (χ0v) is 16.9. The standard InChI is InChI=1S/C19H27N5O2S/c1-4-7-12-24-16(20)15(17(25)22-18(24)26)23(6-3)19(27)21-14-11-9-8-10-13(14)5-2/h8-11H,4-7,12,20H2,1-3H3,(H,21,27)(H,22,25,26). The summed E-state index contributed by atoms with van der Waals surface area (Å²) in [5.41, 5.74) is 7.36. The van der Waals surface area contributed by atoms with Crippen LogP contribution in [0.1, 0.15) is 39.2 Å². The number of aryl methyl sites for hydroxylation is 1. The minimum absolute atomic E-state index is 0.131. The second kappa shape index (κ2) is 9.36. The summed E-state index contributed by atoms with van der Waals surface area (Å²) in [5.74, 6) is 0.131. The molecule has 2 aromatic rings. The van der Waals surface area contributed by atoms with E-state index < -0.39 is 11.2 Å². The summed E-state index contributed by atoms with van der Waals surface area (Å²) in [6.07, 6.45) is 2.54. The highest BCUT2D eigenvalue weighted by atomic mass is 32.1. The van der Waals surface area contributed by atoms with Crippen molar-refractivity contribution in [1.82, 2.24) is 9.55 Å². The van der Waals surface area contributed by atoms with Gasteiger partial charge in [-0.3, -0.25) is 14.3 Å². The quantitative estimate of drug-likeness (QED) is 0.630. The fraction of sp³-hybridized carbons (Fsp3) is 0.421. The number of benzene rings is 1. The van der Waals surface area contributed by atoms with Gasteiger partial charge in [0.05, 0.1) is 0 Å². The summed E-state index contributed by atoms with van der Waals surface area (Å²) >= 11 is 5.55. The number of para-hydroxylation sites is 1. The van der Waals surface area contributed by atoms with Crippen LogP contribution >= 0.6 is 12.2 Å². The van der Waals surface area contributed by atoms with Gasteiger partial charge in [0.15, 0.2) is 10.8 Å². The number of anilines is 3. The maximum atomic E-state index is 12.5. The van der Waals surface area contributed by atoms with E-state index in [1.807, 2.05) is 38.1 Å². The molecular weight excluding hydrogens is 362 g/mol. The molecule has 7 nitrogen and oxygen atoms in total. The van der Waals surface area contributed by atoms with E-state index in [-0.39, 0.29) is 11.5 Å². The van der Waals surface area contributed by atoms with Gasteiger partial charge in [0.2, 0.25) is 0 Å². The molecule has 0 bridgehead atoms. The summed E-state index contributed by atoms with van der Waals surface area (Å²) in [5, 5.41) is 3.56. The van der Waals surface area contributed by atoms with E-state index in [1.54, 1.807) is 4.90 Å². The Kier molecular flexibility index (Phi) is 7.18. The summed E-state index contributed by atoms with van der Waals surface area (Å²) in [6.45, 7) is 6.84. The van der Waals surface area contributed by atoms with Gasteiger partial charge in [-0.15, -0.1) is 0 Å². The van der Waals surface area contributed by atoms with Gasteiger partial charge in [0, 0.05) is 18.8 Å². The number of hydrogen-bond acceptors (Lipinski definition) is 4. The van der Waals surface area contributed by atoms with Crippen LogP contribution < -0.4 is 27.2 Å². The van der Waals surface area contributed by atoms with Crippen molar-refractivity contribution in [1.29, 1.82) is 0 Å². The van der Waals surface area contributed by atoms with Crippen molar-refractivity contribution in [2.75, 3.05) is 22.5 Å². The molecule has 1 heterocycles. The molecule has 0 spiro atoms. The van der Waals surface area contributed by atoms with Crippen LogP contribution in [-0.4, -0.2) is 21.2 Å². The van der Waals surface area contributed by atoms with Gasteiger partial charge < -0.3 is 16.0 Å². The van der Waals surface area contributed by atoms with Crippen LogP contribution in [0.15, 0.2) is 33.9 Å². The lowest BCUT2D eigenvalue weighted by Crippen LogP contribution is -2.42. The summed E-state index contributed by atoms with van der Waals surface area (Å²) < 4.78 is 1.39. The average molecular weight is 390 g/mol. The number of nitrogens with two attached hydrogens (primary N) is 1. The number of hydrogen-bond donors (Lipinski definition) is 3. The van der Waals surface area contributed by atoms with E-state index in [0.29, 0.717) is 18.2 Å². The van der Waals surface area contributed by atoms with Crippen molar-refractivity contribution < 1.29 is 0 Å². The molecule has 0 atom stereocenters. The van der Waals surface area contributed by atoms with Crippen LogP contribution in [0.4, 0.5) is 17.2 Å². The van der Waals surface area contributed by atoms with Gasteiger partial charge >= 0.3 is 5.69 Å². The molecule has 0 amide bonds. The van der Waals surface area contributed by atoms with Crippen molar-refractivity contribution in [2.45, 2.75) is 46.6 Å². The second-order valence-corrected chi connectivity index (χ2v) is 6.57. The van der Waals surface area contributed by atoms with Gasteiger partial charge in [0.25, 0.3) is 5.56 Å². The molecule has 0 unspecified atom stereocenters. The van der Waals surface area contributed by atoms with Crippen molar-refractivity contribution in [2.24, 2.45) is 0 Å². The third-order valence-corrected chi connectivity index (χ3v) is 4.74. The maximum Gasteiger partial charge on any atom is 0.330 e. The number of H-pyrrole nitrogens is 1. The molecule has 0 saturated carbocycles. The highest BCUT2D eigenvalue weighted by Crippen LogP contribution is 2.20. The number of aromatic nitrogens is 2. The highest BCUT2D eigenvalue weighted by molar-refractivity contribution is 7.80. The number of nitrogens with one attached hydrogen (secondary N) is 2. The van der Waals surface area contributed by atoms with E-state index in [2.05, 4.69) is 17.2 Å². The Bertz CT molecular complexity index is 919. The minimum atomic E-state index is -0.542. The zero-order valence-electron chi connectivity index (χ0n) is 16.0. The summed E-state index contributed by atoms with van der Waals surface area (Å²) in [4.78, 5) is 28.6. The Morgan fingerprint density at radius 3 is 2.59 bits per heavy atom. The molecule has 0 aliphatic heterocycles. The second-order valence-electron chi connectivity index (χ2n) is 6.18. The Balaban J connectivity index is 2.43. The zero-order chi connectivity index (χ0) is 20.0. The highest BCUT2D eigenvalue weighted by Gasteiger charge is 2.21. The largest absolute Gasteiger partial charge is 0.383 e. The first kappa shape index (κ1) is 20.7. The molecule has 1 aromatic heterocycles. The van der Waals surface area contributed by atoms with E-state index >= 15 is 0 Å². The number of nitrogen functional groups attached to an aromatic ring is 1. The van der Waals surface area contributed by atoms with Crippen LogP contribution in [0, 0.1) is 0 Å². The van der Waals surface area contributed by atoms with E-state index in [0.717, 1.165) is 30.5 Å². The Morgan fingerprint density at radius 1 is 1.26 bits per heavy atom. The van der Waals surface area contributed by atoms with E-state index in [4.69, 9.17) is 18.0 Å². The van der Waals surface area contributed by atoms with Crippen molar-refractivity contribution in [3.63, 3.8) is 0 Å². The topological polar surface area (TPSA) is 96.2 Å². The molecule has 1 aromatic carbocycles. The van der Waals surface area contributed by atoms with Crippen LogP contribution in [-0.2, 0) is 13.0 Å².